The average Bonchev–Trinajstić information content (AvgIpc) is 2.27. The van der Waals surface area contributed by atoms with Gasteiger partial charge < -0.3 is 15.2 Å². The first kappa shape index (κ1) is 13.9. The van der Waals surface area contributed by atoms with Crippen LogP contribution in [0.5, 0.6) is 5.75 Å². The van der Waals surface area contributed by atoms with Gasteiger partial charge in [-0.15, -0.1) is 0 Å². The molecule has 0 aliphatic carbocycles. The van der Waals surface area contributed by atoms with Gasteiger partial charge in [-0.3, -0.25) is 0 Å². The molecule has 2 N–H and O–H groups in total. The zero-order valence-corrected chi connectivity index (χ0v) is 10.3. The summed E-state index contributed by atoms with van der Waals surface area (Å²) in [6, 6.07) is 6.39. The van der Waals surface area contributed by atoms with Crippen LogP contribution in [0, 0.1) is 5.82 Å². The number of hydrogen-bond acceptors (Lipinski definition) is 3. The van der Waals surface area contributed by atoms with E-state index in [1.54, 1.807) is 12.1 Å². The van der Waals surface area contributed by atoms with Gasteiger partial charge in [-0.2, -0.15) is 0 Å². The standard InChI is InChI=1S/C13H20FNO2/c1-10(2)15-12(9-16)6-7-17-13-5-3-4-11(14)8-13/h3-5,8,10,12,15-16H,6-7,9H2,1-2H3. The SMILES string of the molecule is CC(C)NC(CO)CCOc1cccc(F)c1. The van der Waals surface area contributed by atoms with Gasteiger partial charge >= 0.3 is 0 Å². The van der Waals surface area contributed by atoms with Gasteiger partial charge in [0.25, 0.3) is 0 Å². The fourth-order valence-electron chi connectivity index (χ4n) is 1.57. The second-order valence-electron chi connectivity index (χ2n) is 4.30. The van der Waals surface area contributed by atoms with Gasteiger partial charge in [-0.05, 0) is 18.6 Å². The predicted octanol–water partition coefficient (Wildman–Crippen LogP) is 1.95. The van der Waals surface area contributed by atoms with Crippen molar-refractivity contribution in [2.45, 2.75) is 32.4 Å². The Hall–Kier alpha value is -1.13. The summed E-state index contributed by atoms with van der Waals surface area (Å²) in [4.78, 5) is 0. The highest BCUT2D eigenvalue weighted by atomic mass is 19.1. The minimum Gasteiger partial charge on any atom is -0.493 e. The first-order valence-electron chi connectivity index (χ1n) is 5.87. The minimum atomic E-state index is -0.304. The lowest BCUT2D eigenvalue weighted by Gasteiger charge is -2.19. The Morgan fingerprint density at radius 1 is 1.41 bits per heavy atom. The van der Waals surface area contributed by atoms with E-state index in [9.17, 15) is 4.39 Å². The maximum atomic E-state index is 12.9. The fraction of sp³-hybridized carbons (Fsp3) is 0.538. The summed E-state index contributed by atoms with van der Waals surface area (Å²) in [6.45, 7) is 4.57. The lowest BCUT2D eigenvalue weighted by Crippen LogP contribution is -2.38. The molecule has 0 radical (unpaired) electrons. The molecule has 4 heteroatoms. The lowest BCUT2D eigenvalue weighted by molar-refractivity contribution is 0.202. The Bertz CT molecular complexity index is 331. The molecule has 0 saturated carbocycles. The lowest BCUT2D eigenvalue weighted by atomic mass is 10.2. The molecule has 3 nitrogen and oxygen atoms in total. The molecule has 0 aromatic heterocycles. The van der Waals surface area contributed by atoms with Gasteiger partial charge in [-0.25, -0.2) is 4.39 Å². The van der Waals surface area contributed by atoms with Crippen molar-refractivity contribution >= 4 is 0 Å². The second kappa shape index (κ2) is 7.25. The number of ether oxygens (including phenoxy) is 1. The Balaban J connectivity index is 2.31. The molecule has 17 heavy (non-hydrogen) atoms. The molecule has 0 amide bonds. The van der Waals surface area contributed by atoms with Gasteiger partial charge in [0.15, 0.2) is 0 Å². The summed E-state index contributed by atoms with van der Waals surface area (Å²) in [6.07, 6.45) is 0.686. The van der Waals surface area contributed by atoms with Crippen molar-refractivity contribution in [1.82, 2.24) is 5.32 Å². The molecule has 0 aliphatic heterocycles. The second-order valence-corrected chi connectivity index (χ2v) is 4.30. The van der Waals surface area contributed by atoms with Crippen molar-refractivity contribution in [2.24, 2.45) is 0 Å². The molecule has 0 fully saturated rings. The van der Waals surface area contributed by atoms with Crippen LogP contribution in [-0.2, 0) is 0 Å². The van der Waals surface area contributed by atoms with Gasteiger partial charge in [0.2, 0.25) is 0 Å². The summed E-state index contributed by atoms with van der Waals surface area (Å²) in [5.41, 5.74) is 0. The normalized spacial score (nSPS) is 12.8. The molecule has 1 rings (SSSR count). The summed E-state index contributed by atoms with van der Waals surface area (Å²) in [5.74, 6) is 0.216. The molecule has 0 bridgehead atoms. The maximum absolute atomic E-state index is 12.9. The smallest absolute Gasteiger partial charge is 0.126 e. The van der Waals surface area contributed by atoms with Crippen LogP contribution in [0.3, 0.4) is 0 Å². The number of nitrogens with one attached hydrogen (secondary N) is 1. The molecule has 1 atom stereocenters. The number of halogens is 1. The first-order chi connectivity index (χ1) is 8.11. The van der Waals surface area contributed by atoms with Crippen molar-refractivity contribution in [1.29, 1.82) is 0 Å². The van der Waals surface area contributed by atoms with Crippen LogP contribution >= 0.6 is 0 Å². The van der Waals surface area contributed by atoms with E-state index in [2.05, 4.69) is 5.32 Å². The molecule has 96 valence electrons. The van der Waals surface area contributed by atoms with E-state index in [0.717, 1.165) is 0 Å². The van der Waals surface area contributed by atoms with Gasteiger partial charge in [0, 0.05) is 18.2 Å². The molecular weight excluding hydrogens is 221 g/mol. The molecule has 0 spiro atoms. The number of aliphatic hydroxyl groups is 1. The van der Waals surface area contributed by atoms with Crippen LogP contribution in [0.2, 0.25) is 0 Å². The predicted molar refractivity (Wildman–Crippen MR) is 65.7 cm³/mol. The van der Waals surface area contributed by atoms with E-state index in [4.69, 9.17) is 9.84 Å². The first-order valence-corrected chi connectivity index (χ1v) is 5.87. The van der Waals surface area contributed by atoms with Crippen LogP contribution in [0.4, 0.5) is 4.39 Å². The van der Waals surface area contributed by atoms with E-state index in [-0.39, 0.29) is 18.5 Å². The third-order valence-corrected chi connectivity index (χ3v) is 2.32. The topological polar surface area (TPSA) is 41.5 Å². The number of aliphatic hydroxyl groups excluding tert-OH is 1. The van der Waals surface area contributed by atoms with Crippen molar-refractivity contribution < 1.29 is 14.2 Å². The molecule has 0 aliphatic rings. The van der Waals surface area contributed by atoms with Crippen molar-refractivity contribution in [3.05, 3.63) is 30.1 Å². The van der Waals surface area contributed by atoms with Crippen LogP contribution in [0.25, 0.3) is 0 Å². The summed E-state index contributed by atoms with van der Waals surface area (Å²) in [5, 5.41) is 12.4. The van der Waals surface area contributed by atoms with E-state index >= 15 is 0 Å². The fourth-order valence-corrected chi connectivity index (χ4v) is 1.57. The minimum absolute atomic E-state index is 0.0172. The van der Waals surface area contributed by atoms with E-state index < -0.39 is 0 Å². The van der Waals surface area contributed by atoms with Gasteiger partial charge in [0.1, 0.15) is 11.6 Å². The van der Waals surface area contributed by atoms with E-state index in [1.165, 1.54) is 12.1 Å². The Labute approximate surface area is 102 Å². The molecule has 1 unspecified atom stereocenters. The van der Waals surface area contributed by atoms with Gasteiger partial charge in [-0.1, -0.05) is 19.9 Å². The quantitative estimate of drug-likeness (QED) is 0.766. The number of hydrogen-bond donors (Lipinski definition) is 2. The van der Waals surface area contributed by atoms with Crippen LogP contribution in [0.15, 0.2) is 24.3 Å². The Morgan fingerprint density at radius 2 is 2.18 bits per heavy atom. The van der Waals surface area contributed by atoms with Crippen LogP contribution < -0.4 is 10.1 Å². The number of benzene rings is 1. The highest BCUT2D eigenvalue weighted by Gasteiger charge is 2.08. The maximum Gasteiger partial charge on any atom is 0.126 e. The van der Waals surface area contributed by atoms with Crippen molar-refractivity contribution in [3.8, 4) is 5.75 Å². The third kappa shape index (κ3) is 5.65. The van der Waals surface area contributed by atoms with Gasteiger partial charge in [0.05, 0.1) is 13.2 Å². The Morgan fingerprint density at radius 3 is 2.76 bits per heavy atom. The summed E-state index contributed by atoms with van der Waals surface area (Å²) >= 11 is 0. The molecular formula is C13H20FNO2. The molecule has 1 aromatic carbocycles. The largest absolute Gasteiger partial charge is 0.493 e. The van der Waals surface area contributed by atoms with Crippen LogP contribution in [-0.4, -0.2) is 30.4 Å². The van der Waals surface area contributed by atoms with Crippen molar-refractivity contribution in [3.63, 3.8) is 0 Å². The highest BCUT2D eigenvalue weighted by molar-refractivity contribution is 5.22. The van der Waals surface area contributed by atoms with Crippen LogP contribution in [0.1, 0.15) is 20.3 Å². The van der Waals surface area contributed by atoms with E-state index in [1.807, 2.05) is 13.8 Å². The van der Waals surface area contributed by atoms with E-state index in [0.29, 0.717) is 24.8 Å². The Kier molecular flexibility index (Phi) is 5.94. The highest BCUT2D eigenvalue weighted by Crippen LogP contribution is 2.12. The zero-order valence-electron chi connectivity index (χ0n) is 10.3. The zero-order chi connectivity index (χ0) is 12.7. The monoisotopic (exact) mass is 241 g/mol. The molecule has 0 heterocycles. The molecule has 1 aromatic rings. The van der Waals surface area contributed by atoms with Crippen molar-refractivity contribution in [2.75, 3.05) is 13.2 Å². The molecule has 0 saturated heterocycles. The average molecular weight is 241 g/mol. The summed E-state index contributed by atoms with van der Waals surface area (Å²) < 4.78 is 18.3. The summed E-state index contributed by atoms with van der Waals surface area (Å²) in [7, 11) is 0. The number of rotatable bonds is 7. The third-order valence-electron chi connectivity index (χ3n) is 2.32.